The summed E-state index contributed by atoms with van der Waals surface area (Å²) in [5.74, 6) is 0.162. The van der Waals surface area contributed by atoms with Gasteiger partial charge in [0.2, 0.25) is 6.29 Å². The van der Waals surface area contributed by atoms with Crippen molar-refractivity contribution in [1.29, 1.82) is 0 Å². The summed E-state index contributed by atoms with van der Waals surface area (Å²) in [5, 5.41) is 0. The van der Waals surface area contributed by atoms with Crippen LogP contribution in [0.2, 0.25) is 0 Å². The zero-order chi connectivity index (χ0) is 5.28. The topological polar surface area (TPSA) is 43.1 Å². The molecule has 1 fully saturated rings. The zero-order valence-corrected chi connectivity index (χ0v) is 4.05. The molecule has 7 heavy (non-hydrogen) atoms. The Bertz CT molecular complexity index is 76.1. The van der Waals surface area contributed by atoms with Gasteiger partial charge in [-0.25, -0.2) is 0 Å². The van der Waals surface area contributed by atoms with Gasteiger partial charge in [-0.1, -0.05) is 0 Å². The van der Waals surface area contributed by atoms with Crippen LogP contribution in [0, 0.1) is 5.92 Å². The summed E-state index contributed by atoms with van der Waals surface area (Å²) in [6.45, 7) is 0. The van der Waals surface area contributed by atoms with E-state index in [9.17, 15) is 4.79 Å². The number of hydrogen-bond acceptors (Lipinski definition) is 2. The molecule has 0 amide bonds. The fourth-order valence-corrected chi connectivity index (χ4v) is 0.758. The normalized spacial score (nSPS) is 39.6. The molecule has 0 aliphatic heterocycles. The Morgan fingerprint density at radius 2 is 2.14 bits per heavy atom. The molecule has 0 aromatic carbocycles. The highest BCUT2D eigenvalue weighted by Gasteiger charge is 2.25. The Balaban J connectivity index is 2.17. The van der Waals surface area contributed by atoms with Gasteiger partial charge < -0.3 is 5.73 Å². The van der Waals surface area contributed by atoms with Crippen molar-refractivity contribution in [2.45, 2.75) is 18.9 Å². The molecule has 1 radical (unpaired) electrons. The molecule has 2 nitrogen and oxygen atoms in total. The third kappa shape index (κ3) is 0.800. The minimum absolute atomic E-state index is 0.162. The molecule has 0 heterocycles. The first kappa shape index (κ1) is 4.78. The quantitative estimate of drug-likeness (QED) is 0.495. The Morgan fingerprint density at radius 3 is 2.29 bits per heavy atom. The molecule has 2 heteroatoms. The van der Waals surface area contributed by atoms with Gasteiger partial charge in [0, 0.05) is 12.0 Å². The van der Waals surface area contributed by atoms with E-state index >= 15 is 0 Å². The van der Waals surface area contributed by atoms with Gasteiger partial charge in [-0.15, -0.1) is 0 Å². The first-order chi connectivity index (χ1) is 3.33. The molecule has 0 atom stereocenters. The van der Waals surface area contributed by atoms with Crippen molar-refractivity contribution >= 4 is 6.29 Å². The average molecular weight is 98.1 g/mol. The van der Waals surface area contributed by atoms with Gasteiger partial charge >= 0.3 is 0 Å². The highest BCUT2D eigenvalue weighted by atomic mass is 16.1. The van der Waals surface area contributed by atoms with Crippen LogP contribution in [0.5, 0.6) is 0 Å². The van der Waals surface area contributed by atoms with E-state index in [0.717, 1.165) is 12.8 Å². The van der Waals surface area contributed by atoms with Crippen LogP contribution in [0.3, 0.4) is 0 Å². The summed E-state index contributed by atoms with van der Waals surface area (Å²) < 4.78 is 0. The molecule has 0 bridgehead atoms. The summed E-state index contributed by atoms with van der Waals surface area (Å²) in [4.78, 5) is 9.75. The van der Waals surface area contributed by atoms with E-state index < -0.39 is 0 Å². The highest BCUT2D eigenvalue weighted by molar-refractivity contribution is 5.56. The third-order valence-electron chi connectivity index (χ3n) is 1.34. The molecule has 1 saturated carbocycles. The highest BCUT2D eigenvalue weighted by Crippen LogP contribution is 2.22. The monoisotopic (exact) mass is 98.1 g/mol. The second-order valence-electron chi connectivity index (χ2n) is 2.05. The van der Waals surface area contributed by atoms with Crippen LogP contribution in [-0.2, 0) is 4.79 Å². The van der Waals surface area contributed by atoms with Crippen LogP contribution in [0.25, 0.3) is 0 Å². The standard InChI is InChI=1S/C5H8NO/c6-5-1-4(2-5)3-7/h4-5H,1-2,6H2. The van der Waals surface area contributed by atoms with Gasteiger partial charge in [-0.2, -0.15) is 0 Å². The molecule has 0 unspecified atom stereocenters. The Kier molecular flexibility index (Phi) is 1.11. The molecule has 1 rings (SSSR count). The van der Waals surface area contributed by atoms with Crippen LogP contribution >= 0.6 is 0 Å². The summed E-state index contributed by atoms with van der Waals surface area (Å²) in [6.07, 6.45) is 3.60. The number of hydrogen-bond donors (Lipinski definition) is 1. The predicted molar refractivity (Wildman–Crippen MR) is 26.4 cm³/mol. The number of carbonyl (C=O) groups excluding carboxylic acids is 1. The van der Waals surface area contributed by atoms with Crippen molar-refractivity contribution in [3.63, 3.8) is 0 Å². The van der Waals surface area contributed by atoms with E-state index in [1.165, 1.54) is 0 Å². The molecule has 2 N–H and O–H groups in total. The second-order valence-corrected chi connectivity index (χ2v) is 2.05. The van der Waals surface area contributed by atoms with E-state index in [-0.39, 0.29) is 12.0 Å². The lowest BCUT2D eigenvalue weighted by atomic mass is 9.82. The lowest BCUT2D eigenvalue weighted by Gasteiger charge is -2.26. The van der Waals surface area contributed by atoms with E-state index in [1.54, 1.807) is 0 Å². The van der Waals surface area contributed by atoms with Crippen LogP contribution in [-0.4, -0.2) is 12.3 Å². The van der Waals surface area contributed by atoms with Gasteiger partial charge in [0.15, 0.2) is 0 Å². The molecule has 0 aromatic heterocycles. The van der Waals surface area contributed by atoms with Crippen LogP contribution in [0.4, 0.5) is 0 Å². The van der Waals surface area contributed by atoms with E-state index in [1.807, 2.05) is 6.29 Å². The average Bonchev–Trinajstić information content (AvgIpc) is 1.58. The first-order valence-corrected chi connectivity index (χ1v) is 2.46. The fraction of sp³-hybridized carbons (Fsp3) is 0.800. The maximum absolute atomic E-state index is 9.75. The molecular formula is C5H8NO. The predicted octanol–water partition coefficient (Wildman–Crippen LogP) is -0.167. The molecule has 39 valence electrons. The van der Waals surface area contributed by atoms with Crippen molar-refractivity contribution < 1.29 is 4.79 Å². The van der Waals surface area contributed by atoms with Gasteiger partial charge in [0.1, 0.15) is 0 Å². The van der Waals surface area contributed by atoms with Crippen LogP contribution in [0.15, 0.2) is 0 Å². The van der Waals surface area contributed by atoms with Crippen molar-refractivity contribution in [1.82, 2.24) is 0 Å². The van der Waals surface area contributed by atoms with E-state index in [4.69, 9.17) is 5.73 Å². The van der Waals surface area contributed by atoms with Crippen molar-refractivity contribution in [3.8, 4) is 0 Å². The van der Waals surface area contributed by atoms with Crippen molar-refractivity contribution in [2.24, 2.45) is 11.7 Å². The summed E-state index contributed by atoms with van der Waals surface area (Å²) in [5.41, 5.74) is 5.37. The third-order valence-corrected chi connectivity index (χ3v) is 1.34. The van der Waals surface area contributed by atoms with Gasteiger partial charge in [0.25, 0.3) is 0 Å². The smallest absolute Gasteiger partial charge is 0.201 e. The minimum Gasteiger partial charge on any atom is -0.328 e. The maximum Gasteiger partial charge on any atom is 0.201 e. The van der Waals surface area contributed by atoms with E-state index in [2.05, 4.69) is 0 Å². The SMILES string of the molecule is NC1CC([C]=O)C1. The van der Waals surface area contributed by atoms with Crippen molar-refractivity contribution in [3.05, 3.63) is 0 Å². The Labute approximate surface area is 42.7 Å². The Hall–Kier alpha value is -0.370. The molecule has 0 aromatic rings. The molecular weight excluding hydrogens is 90.1 g/mol. The van der Waals surface area contributed by atoms with Gasteiger partial charge in [-0.3, -0.25) is 4.79 Å². The largest absolute Gasteiger partial charge is 0.328 e. The lowest BCUT2D eigenvalue weighted by Crippen LogP contribution is -2.36. The minimum atomic E-state index is 0.162. The zero-order valence-electron chi connectivity index (χ0n) is 4.05. The van der Waals surface area contributed by atoms with Crippen LogP contribution < -0.4 is 5.73 Å². The summed E-state index contributed by atoms with van der Waals surface area (Å²) >= 11 is 0. The lowest BCUT2D eigenvalue weighted by molar-refractivity contribution is 0.331. The number of rotatable bonds is 1. The number of nitrogens with two attached hydrogens (primary N) is 1. The molecule has 0 saturated heterocycles. The summed E-state index contributed by atoms with van der Waals surface area (Å²) in [6, 6.07) is 0.284. The van der Waals surface area contributed by atoms with Gasteiger partial charge in [0.05, 0.1) is 0 Å². The maximum atomic E-state index is 9.75. The fourth-order valence-electron chi connectivity index (χ4n) is 0.758. The molecule has 1 aliphatic carbocycles. The van der Waals surface area contributed by atoms with E-state index in [0.29, 0.717) is 0 Å². The van der Waals surface area contributed by atoms with Crippen LogP contribution in [0.1, 0.15) is 12.8 Å². The molecule has 1 aliphatic rings. The van der Waals surface area contributed by atoms with Crippen molar-refractivity contribution in [2.75, 3.05) is 0 Å². The Morgan fingerprint density at radius 1 is 1.57 bits per heavy atom. The summed E-state index contributed by atoms with van der Waals surface area (Å²) in [7, 11) is 0. The first-order valence-electron chi connectivity index (χ1n) is 2.46. The molecule has 0 spiro atoms. The van der Waals surface area contributed by atoms with Gasteiger partial charge in [-0.05, 0) is 12.8 Å². The second kappa shape index (κ2) is 1.62.